The van der Waals surface area contributed by atoms with Gasteiger partial charge in [0.05, 0.1) is 30.4 Å². The van der Waals surface area contributed by atoms with Crippen molar-refractivity contribution in [3.63, 3.8) is 0 Å². The molecular weight excluding hydrogens is 847 g/mol. The van der Waals surface area contributed by atoms with Gasteiger partial charge >= 0.3 is 24.2 Å². The molecule has 17 heteroatoms. The lowest BCUT2D eigenvalue weighted by atomic mass is 9.79. The molecule has 0 unspecified atom stereocenters. The number of benzene rings is 3. The van der Waals surface area contributed by atoms with Crippen molar-refractivity contribution in [2.45, 2.75) is 89.8 Å². The molecule has 1 aliphatic heterocycles. The molecular formula is C49H59N7O10. The summed E-state index contributed by atoms with van der Waals surface area (Å²) in [7, 11) is 0. The summed E-state index contributed by atoms with van der Waals surface area (Å²) in [5, 5.41) is 12.1. The molecule has 1 saturated carbocycles. The number of nitrogens with one attached hydrogen (secondary N) is 4. The Bertz CT molecular complexity index is 2270. The number of carbonyl (C=O) groups is 7. The molecule has 3 aromatic carbocycles. The highest BCUT2D eigenvalue weighted by atomic mass is 16.6. The van der Waals surface area contributed by atoms with Crippen LogP contribution in [0.3, 0.4) is 0 Å². The molecule has 0 bridgehead atoms. The molecule has 1 heterocycles. The van der Waals surface area contributed by atoms with Gasteiger partial charge in [0.1, 0.15) is 37.2 Å². The van der Waals surface area contributed by atoms with Crippen molar-refractivity contribution in [3.05, 3.63) is 96.6 Å². The van der Waals surface area contributed by atoms with Crippen LogP contribution in [0.4, 0.5) is 25.8 Å². The van der Waals surface area contributed by atoms with Crippen molar-refractivity contribution < 1.29 is 47.8 Å². The lowest BCUT2D eigenvalue weighted by Gasteiger charge is -2.27. The Labute approximate surface area is 384 Å². The SMILES string of the molecule is C=CCOC(=O)N1C[C@H](NC(=O)OCC2c3ccccc3-c3ccccc32)C(=O)N(CC(=O)N[C@H](/C=N/NC(=O)NCC2CCC(C(=O)CC)CC2)CC(=O)OC(C)(C)C)c2ccccc21. The van der Waals surface area contributed by atoms with Gasteiger partial charge in [-0.25, -0.2) is 19.8 Å². The summed E-state index contributed by atoms with van der Waals surface area (Å²) >= 11 is 0. The minimum Gasteiger partial charge on any atom is -0.460 e. The fourth-order valence-corrected chi connectivity index (χ4v) is 8.56. The zero-order valence-electron chi connectivity index (χ0n) is 37.9. The number of amides is 6. The van der Waals surface area contributed by atoms with Gasteiger partial charge in [-0.15, -0.1) is 0 Å². The number of nitrogens with zero attached hydrogens (tertiary/aromatic N) is 3. The van der Waals surface area contributed by atoms with E-state index in [0.717, 1.165) is 52.8 Å². The number of alkyl carbamates (subject to hydrolysis) is 1. The summed E-state index contributed by atoms with van der Waals surface area (Å²) in [5.74, 6) is -1.87. The maximum atomic E-state index is 14.6. The number of Topliss-reactive ketones (excluding diaryl/α,β-unsaturated/α-hetero) is 1. The first-order valence-electron chi connectivity index (χ1n) is 22.3. The second-order valence-corrected chi connectivity index (χ2v) is 17.5. The Balaban J connectivity index is 1.16. The first kappa shape index (κ1) is 48.4. The molecule has 2 aliphatic carbocycles. The molecule has 2 atom stereocenters. The van der Waals surface area contributed by atoms with Crippen molar-refractivity contribution in [2.24, 2.45) is 16.9 Å². The molecule has 0 aromatic heterocycles. The Morgan fingerprint density at radius 2 is 1.52 bits per heavy atom. The van der Waals surface area contributed by atoms with E-state index in [0.29, 0.717) is 13.0 Å². The van der Waals surface area contributed by atoms with E-state index < -0.39 is 60.2 Å². The van der Waals surface area contributed by atoms with Crippen LogP contribution < -0.4 is 31.2 Å². The number of anilines is 2. The molecule has 6 rings (SSSR count). The first-order chi connectivity index (χ1) is 31.6. The third-order valence-corrected chi connectivity index (χ3v) is 11.7. The van der Waals surface area contributed by atoms with Crippen LogP contribution in [0.5, 0.6) is 0 Å². The van der Waals surface area contributed by atoms with Crippen LogP contribution in [0.25, 0.3) is 11.1 Å². The zero-order chi connectivity index (χ0) is 47.4. The number of carbonyl (C=O) groups excluding carboxylic acids is 7. The fraction of sp³-hybridized carbons (Fsp3) is 0.429. The Kier molecular flexibility index (Phi) is 16.3. The lowest BCUT2D eigenvalue weighted by molar-refractivity contribution is -0.155. The van der Waals surface area contributed by atoms with Gasteiger partial charge in [0.2, 0.25) is 5.91 Å². The van der Waals surface area contributed by atoms with Gasteiger partial charge in [-0.05, 0) is 86.8 Å². The van der Waals surface area contributed by atoms with Gasteiger partial charge in [0, 0.05) is 31.0 Å². The molecule has 17 nitrogen and oxygen atoms in total. The minimum atomic E-state index is -1.42. The van der Waals surface area contributed by atoms with Gasteiger partial charge in [-0.1, -0.05) is 80.2 Å². The van der Waals surface area contributed by atoms with Crippen LogP contribution in [0.15, 0.2) is 90.6 Å². The maximum absolute atomic E-state index is 14.6. The normalized spacial score (nSPS) is 18.4. The van der Waals surface area contributed by atoms with Crippen molar-refractivity contribution in [2.75, 3.05) is 42.6 Å². The van der Waals surface area contributed by atoms with E-state index in [1.807, 2.05) is 55.5 Å². The van der Waals surface area contributed by atoms with E-state index in [-0.39, 0.29) is 61.1 Å². The van der Waals surface area contributed by atoms with Crippen LogP contribution in [-0.2, 0) is 33.4 Å². The Morgan fingerprint density at radius 1 is 0.879 bits per heavy atom. The lowest BCUT2D eigenvalue weighted by Crippen LogP contribution is -2.55. The predicted molar refractivity (Wildman–Crippen MR) is 248 cm³/mol. The number of hydrogen-bond acceptors (Lipinski definition) is 11. The van der Waals surface area contributed by atoms with Crippen molar-refractivity contribution >= 4 is 59.4 Å². The fourth-order valence-electron chi connectivity index (χ4n) is 8.56. The number of para-hydroxylation sites is 2. The highest BCUT2D eigenvalue weighted by Crippen LogP contribution is 2.44. The largest absolute Gasteiger partial charge is 0.460 e. The molecule has 3 aromatic rings. The molecule has 0 saturated heterocycles. The molecule has 66 heavy (non-hydrogen) atoms. The van der Waals surface area contributed by atoms with Gasteiger partial charge < -0.3 is 30.2 Å². The molecule has 6 amide bonds. The van der Waals surface area contributed by atoms with Crippen LogP contribution in [0.2, 0.25) is 0 Å². The van der Waals surface area contributed by atoms with Gasteiger partial charge in [-0.3, -0.25) is 29.0 Å². The van der Waals surface area contributed by atoms with Crippen LogP contribution in [0.1, 0.15) is 83.3 Å². The molecule has 1 fully saturated rings. The number of ether oxygens (including phenoxy) is 3. The average molecular weight is 906 g/mol. The highest BCUT2D eigenvalue weighted by Gasteiger charge is 2.39. The summed E-state index contributed by atoms with van der Waals surface area (Å²) in [6.07, 6.45) is 4.16. The van der Waals surface area contributed by atoms with E-state index >= 15 is 0 Å². The number of rotatable bonds is 16. The Hall–Kier alpha value is -7.04. The van der Waals surface area contributed by atoms with E-state index in [4.69, 9.17) is 14.2 Å². The first-order valence-corrected chi connectivity index (χ1v) is 22.3. The summed E-state index contributed by atoms with van der Waals surface area (Å²) < 4.78 is 16.7. The summed E-state index contributed by atoms with van der Waals surface area (Å²) in [6, 6.07) is 19.0. The Morgan fingerprint density at radius 3 is 2.15 bits per heavy atom. The number of ketones is 1. The van der Waals surface area contributed by atoms with Crippen molar-refractivity contribution in [1.29, 1.82) is 0 Å². The quantitative estimate of drug-likeness (QED) is 0.0411. The highest BCUT2D eigenvalue weighted by molar-refractivity contribution is 6.09. The standard InChI is InChI=1S/C49H59N7O10/c1-6-24-64-48(63)56-28-39(53-47(62)65-30-38-36-16-10-8-14-34(36)35-15-9-11-17-37(35)38)45(60)55(40-18-12-13-19-41(40)56)29-43(58)52-33(25-44(59)66-49(3,4)5)27-51-54-46(61)50-26-31-20-22-32(23-21-31)42(57)7-2/h6,8-19,27,31-33,38-39H,1,7,20-26,28-30H2,2-5H3,(H,52,58)(H,53,62)(H2,50,54,61)/b51-27+/t31?,32?,33-,39-/m0/s1. The topological polar surface area (TPSA) is 214 Å². The summed E-state index contributed by atoms with van der Waals surface area (Å²) in [6.45, 7) is 9.75. The molecule has 0 radical (unpaired) electrons. The van der Waals surface area contributed by atoms with Crippen molar-refractivity contribution in [3.8, 4) is 11.1 Å². The molecule has 4 N–H and O–H groups in total. The van der Waals surface area contributed by atoms with Crippen molar-refractivity contribution in [1.82, 2.24) is 21.4 Å². The van der Waals surface area contributed by atoms with E-state index in [1.54, 1.807) is 45.0 Å². The number of hydrogen-bond donors (Lipinski definition) is 4. The third-order valence-electron chi connectivity index (χ3n) is 11.7. The summed E-state index contributed by atoms with van der Waals surface area (Å²) in [5.41, 5.74) is 5.96. The van der Waals surface area contributed by atoms with Gasteiger partial charge in [0.25, 0.3) is 5.91 Å². The monoisotopic (exact) mass is 905 g/mol. The van der Waals surface area contributed by atoms with Crippen LogP contribution in [0, 0.1) is 11.8 Å². The predicted octanol–water partition coefficient (Wildman–Crippen LogP) is 6.36. The number of esters is 1. The third kappa shape index (κ3) is 12.6. The van der Waals surface area contributed by atoms with E-state index in [9.17, 15) is 33.6 Å². The number of fused-ring (bicyclic) bond motifs is 4. The second kappa shape index (κ2) is 22.2. The number of hydrazone groups is 1. The van der Waals surface area contributed by atoms with Crippen LogP contribution >= 0.6 is 0 Å². The van der Waals surface area contributed by atoms with Crippen LogP contribution in [-0.4, -0.2) is 98.5 Å². The smallest absolute Gasteiger partial charge is 0.414 e. The van der Waals surface area contributed by atoms with E-state index in [1.165, 1.54) is 17.2 Å². The van der Waals surface area contributed by atoms with Gasteiger partial charge in [-0.2, -0.15) is 5.10 Å². The number of urea groups is 1. The summed E-state index contributed by atoms with van der Waals surface area (Å²) in [4.78, 5) is 95.9. The van der Waals surface area contributed by atoms with E-state index in [2.05, 4.69) is 33.1 Å². The molecule has 350 valence electrons. The van der Waals surface area contributed by atoms with Gasteiger partial charge in [0.15, 0.2) is 0 Å². The second-order valence-electron chi connectivity index (χ2n) is 17.5. The minimum absolute atomic E-state index is 0.0431. The molecule has 3 aliphatic rings. The maximum Gasteiger partial charge on any atom is 0.414 e. The average Bonchev–Trinajstić information content (AvgIpc) is 3.56. The molecule has 0 spiro atoms. The zero-order valence-corrected chi connectivity index (χ0v) is 37.9.